The Hall–Kier alpha value is -1.94. The van der Waals surface area contributed by atoms with Crippen LogP contribution in [0.4, 0.5) is 0 Å². The fourth-order valence-corrected chi connectivity index (χ4v) is 14.2. The minimum Gasteiger partial charge on any atom is -0.462 e. The van der Waals surface area contributed by atoms with Crippen molar-refractivity contribution in [2.24, 2.45) is 17.8 Å². The molecule has 0 spiro atoms. The minimum absolute atomic E-state index is 0.106. The molecule has 0 aliphatic rings. The summed E-state index contributed by atoms with van der Waals surface area (Å²) < 4.78 is 68.8. The van der Waals surface area contributed by atoms with Crippen molar-refractivity contribution in [3.63, 3.8) is 0 Å². The third-order valence-corrected chi connectivity index (χ3v) is 21.0. The van der Waals surface area contributed by atoms with Crippen LogP contribution in [0.15, 0.2) is 0 Å². The van der Waals surface area contributed by atoms with Crippen molar-refractivity contribution in [3.05, 3.63) is 0 Å². The standard InChI is InChI=1S/C82H160O17P2/c1-8-9-10-11-12-13-14-15-16-17-18-19-20-25-28-36-44-51-58-65-81(86)98-77(69-92-79(84)63-56-49-42-35-27-24-22-21-23-26-32-39-46-53-60-73(2)3)71-96-100(88,89)94-67-76(83)68-95-101(90,91)97-72-78(70-93-80(85)64-57-50-43-38-31-34-41-48-55-62-75(6)7)99-82(87)66-59-52-45-37-30-29-33-40-47-54-61-74(4)5/h73-78,83H,8-72H2,1-7H3,(H,88,89)(H,90,91)/t76-,77-,78-/m1/s1. The molecule has 17 nitrogen and oxygen atoms in total. The van der Waals surface area contributed by atoms with Crippen molar-refractivity contribution >= 4 is 39.5 Å². The number of phosphoric acid groups is 2. The number of ether oxygens (including phenoxy) is 4. The molecule has 2 unspecified atom stereocenters. The van der Waals surface area contributed by atoms with E-state index in [0.29, 0.717) is 25.7 Å². The van der Waals surface area contributed by atoms with Gasteiger partial charge in [0.2, 0.25) is 0 Å². The maximum absolute atomic E-state index is 13.1. The van der Waals surface area contributed by atoms with Gasteiger partial charge in [-0.15, -0.1) is 0 Å². The molecule has 0 aromatic heterocycles. The van der Waals surface area contributed by atoms with Crippen LogP contribution in [0, 0.1) is 17.8 Å². The Morgan fingerprint density at radius 3 is 0.673 bits per heavy atom. The number of carbonyl (C=O) groups is 4. The first kappa shape index (κ1) is 99.1. The van der Waals surface area contributed by atoms with E-state index in [2.05, 4.69) is 48.5 Å². The fourth-order valence-electron chi connectivity index (χ4n) is 12.7. The Bertz CT molecular complexity index is 1960. The van der Waals surface area contributed by atoms with Crippen molar-refractivity contribution in [2.45, 2.75) is 446 Å². The van der Waals surface area contributed by atoms with Gasteiger partial charge in [0.05, 0.1) is 26.4 Å². The van der Waals surface area contributed by atoms with E-state index in [1.165, 1.54) is 238 Å². The lowest BCUT2D eigenvalue weighted by Gasteiger charge is -2.21. The third-order valence-electron chi connectivity index (χ3n) is 19.1. The van der Waals surface area contributed by atoms with Crippen molar-refractivity contribution in [2.75, 3.05) is 39.6 Å². The number of carbonyl (C=O) groups excluding carboxylic acids is 4. The Morgan fingerprint density at radius 1 is 0.267 bits per heavy atom. The zero-order chi connectivity index (χ0) is 74.4. The molecule has 101 heavy (non-hydrogen) atoms. The molecule has 0 aromatic carbocycles. The van der Waals surface area contributed by atoms with Gasteiger partial charge in [0.1, 0.15) is 19.3 Å². The summed E-state index contributed by atoms with van der Waals surface area (Å²) in [6, 6.07) is 0. The number of aliphatic hydroxyl groups excluding tert-OH is 1. The normalized spacial score (nSPS) is 14.0. The molecule has 0 aromatic rings. The highest BCUT2D eigenvalue weighted by atomic mass is 31.2. The summed E-state index contributed by atoms with van der Waals surface area (Å²) in [6.45, 7) is 11.9. The van der Waals surface area contributed by atoms with Crippen LogP contribution < -0.4 is 0 Å². The summed E-state index contributed by atoms with van der Waals surface area (Å²) in [5.74, 6) is 0.185. The molecule has 600 valence electrons. The van der Waals surface area contributed by atoms with Crippen LogP contribution in [-0.4, -0.2) is 96.7 Å². The van der Waals surface area contributed by atoms with Crippen LogP contribution in [0.5, 0.6) is 0 Å². The van der Waals surface area contributed by atoms with Gasteiger partial charge in [0, 0.05) is 25.7 Å². The Balaban J connectivity index is 5.25. The van der Waals surface area contributed by atoms with Gasteiger partial charge in [-0.1, -0.05) is 376 Å². The highest BCUT2D eigenvalue weighted by Crippen LogP contribution is 2.45. The fraction of sp³-hybridized carbons (Fsp3) is 0.951. The summed E-state index contributed by atoms with van der Waals surface area (Å²) in [6.07, 6.45) is 61.1. The molecule has 3 N–H and O–H groups in total. The maximum atomic E-state index is 13.1. The summed E-state index contributed by atoms with van der Waals surface area (Å²) in [7, 11) is -9.92. The molecule has 0 amide bonds. The topological polar surface area (TPSA) is 237 Å². The van der Waals surface area contributed by atoms with Crippen LogP contribution in [0.25, 0.3) is 0 Å². The van der Waals surface area contributed by atoms with Gasteiger partial charge >= 0.3 is 39.5 Å². The molecule has 0 radical (unpaired) electrons. The van der Waals surface area contributed by atoms with Crippen LogP contribution >= 0.6 is 15.6 Å². The zero-order valence-electron chi connectivity index (χ0n) is 66.4. The summed E-state index contributed by atoms with van der Waals surface area (Å²) >= 11 is 0. The summed E-state index contributed by atoms with van der Waals surface area (Å²) in [5.41, 5.74) is 0. The molecular formula is C82H160O17P2. The maximum Gasteiger partial charge on any atom is 0.472 e. The lowest BCUT2D eigenvalue weighted by Crippen LogP contribution is -2.30. The highest BCUT2D eigenvalue weighted by Gasteiger charge is 2.30. The SMILES string of the molecule is CCCCCCCCCCCCCCCCCCCCCC(=O)O[C@H](COC(=O)CCCCCCCCCCCCCCCCC(C)C)COP(=O)(O)OC[C@@H](O)COP(=O)(O)OC[C@@H](COC(=O)CCCCCCCCCCCC(C)C)OC(=O)CCCCCCCCCCCCC(C)C. The number of unbranched alkanes of at least 4 members (excludes halogenated alkanes) is 48. The van der Waals surface area contributed by atoms with E-state index >= 15 is 0 Å². The quantitative estimate of drug-likeness (QED) is 0.0222. The van der Waals surface area contributed by atoms with Crippen LogP contribution in [0.1, 0.15) is 427 Å². The predicted molar refractivity (Wildman–Crippen MR) is 414 cm³/mol. The van der Waals surface area contributed by atoms with Gasteiger partial charge in [-0.2, -0.15) is 0 Å². The molecule has 0 saturated heterocycles. The monoisotopic (exact) mass is 1480 g/mol. The third kappa shape index (κ3) is 76.1. The number of hydrogen-bond donors (Lipinski definition) is 3. The van der Waals surface area contributed by atoms with E-state index in [1.807, 2.05) is 0 Å². The van der Waals surface area contributed by atoms with Gasteiger partial charge in [-0.3, -0.25) is 37.3 Å². The van der Waals surface area contributed by atoms with Crippen molar-refractivity contribution in [3.8, 4) is 0 Å². The van der Waals surface area contributed by atoms with Crippen molar-refractivity contribution in [1.29, 1.82) is 0 Å². The Kier molecular flexibility index (Phi) is 70.9. The lowest BCUT2D eigenvalue weighted by molar-refractivity contribution is -0.161. The minimum atomic E-state index is -4.96. The predicted octanol–water partition coefficient (Wildman–Crippen LogP) is 24.5. The number of hydrogen-bond acceptors (Lipinski definition) is 15. The van der Waals surface area contributed by atoms with Crippen LogP contribution in [-0.2, 0) is 65.4 Å². The van der Waals surface area contributed by atoms with Gasteiger partial charge in [0.25, 0.3) is 0 Å². The zero-order valence-corrected chi connectivity index (χ0v) is 68.2. The summed E-state index contributed by atoms with van der Waals surface area (Å²) in [4.78, 5) is 73.1. The molecule has 19 heteroatoms. The van der Waals surface area contributed by atoms with Gasteiger partial charge in [-0.25, -0.2) is 9.13 Å². The second kappa shape index (κ2) is 72.3. The van der Waals surface area contributed by atoms with E-state index in [4.69, 9.17) is 37.0 Å². The van der Waals surface area contributed by atoms with Gasteiger partial charge in [0.15, 0.2) is 12.2 Å². The van der Waals surface area contributed by atoms with Crippen molar-refractivity contribution < 1.29 is 80.2 Å². The van der Waals surface area contributed by atoms with Gasteiger partial charge < -0.3 is 33.8 Å². The molecule has 0 bridgehead atoms. The smallest absolute Gasteiger partial charge is 0.462 e. The van der Waals surface area contributed by atoms with E-state index in [0.717, 1.165) is 108 Å². The van der Waals surface area contributed by atoms with E-state index in [-0.39, 0.29) is 25.7 Å². The average Bonchev–Trinajstić information content (AvgIpc) is 0.929. The van der Waals surface area contributed by atoms with E-state index < -0.39 is 97.5 Å². The van der Waals surface area contributed by atoms with Crippen LogP contribution in [0.2, 0.25) is 0 Å². The van der Waals surface area contributed by atoms with Crippen LogP contribution in [0.3, 0.4) is 0 Å². The first-order chi connectivity index (χ1) is 48.7. The average molecular weight is 1480 g/mol. The van der Waals surface area contributed by atoms with Gasteiger partial charge in [-0.05, 0) is 43.4 Å². The largest absolute Gasteiger partial charge is 0.472 e. The lowest BCUT2D eigenvalue weighted by atomic mass is 10.0. The molecule has 5 atom stereocenters. The van der Waals surface area contributed by atoms with E-state index in [9.17, 15) is 43.2 Å². The molecular weight excluding hydrogens is 1320 g/mol. The molecule has 0 rings (SSSR count). The first-order valence-corrected chi connectivity index (χ1v) is 45.3. The number of aliphatic hydroxyl groups is 1. The van der Waals surface area contributed by atoms with Crippen molar-refractivity contribution in [1.82, 2.24) is 0 Å². The summed E-state index contributed by atoms with van der Waals surface area (Å²) in [5, 5.41) is 10.7. The molecule has 0 saturated carbocycles. The first-order valence-electron chi connectivity index (χ1n) is 42.3. The second-order valence-electron chi connectivity index (χ2n) is 30.9. The van der Waals surface area contributed by atoms with E-state index in [1.54, 1.807) is 0 Å². The number of phosphoric ester groups is 2. The second-order valence-corrected chi connectivity index (χ2v) is 33.8. The molecule has 0 heterocycles. The highest BCUT2D eigenvalue weighted by molar-refractivity contribution is 7.47. The Labute approximate surface area is 619 Å². The molecule has 0 aliphatic carbocycles. The number of esters is 4. The number of rotatable bonds is 80. The molecule has 0 aliphatic heterocycles. The molecule has 0 fully saturated rings. The Morgan fingerprint density at radius 2 is 0.455 bits per heavy atom.